The van der Waals surface area contributed by atoms with E-state index >= 15 is 0 Å². The fourth-order valence-corrected chi connectivity index (χ4v) is 4.20. The van der Waals surface area contributed by atoms with E-state index in [1.807, 2.05) is 6.92 Å². The maximum absolute atomic E-state index is 14.0. The van der Waals surface area contributed by atoms with E-state index in [1.165, 1.54) is 16.4 Å². The first-order valence-electron chi connectivity index (χ1n) is 6.41. The molecule has 1 aromatic rings. The van der Waals surface area contributed by atoms with Crippen molar-refractivity contribution in [1.29, 1.82) is 0 Å². The van der Waals surface area contributed by atoms with Crippen molar-refractivity contribution in [3.63, 3.8) is 0 Å². The summed E-state index contributed by atoms with van der Waals surface area (Å²) in [6.07, 6.45) is 1.67. The number of benzene rings is 1. The molecule has 1 aromatic carbocycles. The molecule has 106 valence electrons. The summed E-state index contributed by atoms with van der Waals surface area (Å²) in [6, 6.07) is 4.24. The molecule has 2 rings (SSSR count). The highest BCUT2D eigenvalue weighted by atomic mass is 32.2. The number of nitrogens with one attached hydrogen (secondary N) is 1. The van der Waals surface area contributed by atoms with Crippen molar-refractivity contribution in [2.75, 3.05) is 13.6 Å². The standard InChI is InChI=1S/C13H19FN2O2S/c1-10-4-3-7-16(10)19(17,18)13-6-5-11(9-15-2)8-12(13)14/h5-6,8,10,15H,3-4,7,9H2,1-2H3. The topological polar surface area (TPSA) is 49.4 Å². The molecule has 1 saturated heterocycles. The normalized spacial score (nSPS) is 20.9. The van der Waals surface area contributed by atoms with Gasteiger partial charge in [0.25, 0.3) is 0 Å². The molecule has 0 saturated carbocycles. The molecule has 0 radical (unpaired) electrons. The van der Waals surface area contributed by atoms with Crippen molar-refractivity contribution in [1.82, 2.24) is 9.62 Å². The van der Waals surface area contributed by atoms with Gasteiger partial charge in [-0.25, -0.2) is 12.8 Å². The maximum atomic E-state index is 14.0. The van der Waals surface area contributed by atoms with Crippen LogP contribution in [0.3, 0.4) is 0 Å². The average Bonchev–Trinajstić information content (AvgIpc) is 2.76. The third kappa shape index (κ3) is 2.80. The molecule has 1 unspecified atom stereocenters. The molecule has 1 N–H and O–H groups in total. The number of halogens is 1. The van der Waals surface area contributed by atoms with Gasteiger partial charge in [0.2, 0.25) is 10.0 Å². The first-order valence-corrected chi connectivity index (χ1v) is 7.85. The molecule has 1 heterocycles. The molecule has 1 aliphatic heterocycles. The Kier molecular flexibility index (Phi) is 4.23. The van der Waals surface area contributed by atoms with Crippen LogP contribution >= 0.6 is 0 Å². The van der Waals surface area contributed by atoms with Crippen LogP contribution in [0, 0.1) is 5.82 Å². The van der Waals surface area contributed by atoms with Crippen molar-refractivity contribution >= 4 is 10.0 Å². The molecule has 1 fully saturated rings. The summed E-state index contributed by atoms with van der Waals surface area (Å²) >= 11 is 0. The molecule has 0 aliphatic carbocycles. The number of hydrogen-bond acceptors (Lipinski definition) is 3. The average molecular weight is 286 g/mol. The van der Waals surface area contributed by atoms with Crippen molar-refractivity contribution in [3.8, 4) is 0 Å². The van der Waals surface area contributed by atoms with E-state index in [0.29, 0.717) is 13.1 Å². The van der Waals surface area contributed by atoms with E-state index in [2.05, 4.69) is 5.32 Å². The van der Waals surface area contributed by atoms with Crippen LogP contribution in [0.5, 0.6) is 0 Å². The van der Waals surface area contributed by atoms with Crippen molar-refractivity contribution in [2.24, 2.45) is 0 Å². The highest BCUT2D eigenvalue weighted by molar-refractivity contribution is 7.89. The molecule has 6 heteroatoms. The molecule has 1 aliphatic rings. The Balaban J connectivity index is 2.35. The SMILES string of the molecule is CNCc1ccc(S(=O)(=O)N2CCCC2C)c(F)c1. The zero-order valence-corrected chi connectivity index (χ0v) is 12.0. The zero-order chi connectivity index (χ0) is 14.0. The Morgan fingerprint density at radius 1 is 1.47 bits per heavy atom. The van der Waals surface area contributed by atoms with Crippen LogP contribution in [0.25, 0.3) is 0 Å². The quantitative estimate of drug-likeness (QED) is 0.917. The van der Waals surface area contributed by atoms with E-state index in [9.17, 15) is 12.8 Å². The van der Waals surface area contributed by atoms with Crippen LogP contribution < -0.4 is 5.32 Å². The van der Waals surface area contributed by atoms with Crippen LogP contribution in [0.2, 0.25) is 0 Å². The summed E-state index contributed by atoms with van der Waals surface area (Å²) in [5.74, 6) is -0.674. The minimum Gasteiger partial charge on any atom is -0.316 e. The Hall–Kier alpha value is -0.980. The third-order valence-electron chi connectivity index (χ3n) is 3.46. The van der Waals surface area contributed by atoms with Gasteiger partial charge in [0.15, 0.2) is 0 Å². The lowest BCUT2D eigenvalue weighted by Crippen LogP contribution is -2.34. The van der Waals surface area contributed by atoms with E-state index in [4.69, 9.17) is 0 Å². The van der Waals surface area contributed by atoms with E-state index in [1.54, 1.807) is 13.1 Å². The minimum atomic E-state index is -3.71. The second-order valence-electron chi connectivity index (χ2n) is 4.90. The van der Waals surface area contributed by atoms with Crippen molar-refractivity contribution in [2.45, 2.75) is 37.2 Å². The molecular weight excluding hydrogens is 267 g/mol. The first kappa shape index (κ1) is 14.4. The molecule has 0 amide bonds. The predicted octanol–water partition coefficient (Wildman–Crippen LogP) is 1.72. The largest absolute Gasteiger partial charge is 0.316 e. The Bertz CT molecular complexity index is 560. The summed E-state index contributed by atoms with van der Waals surface area (Å²) in [6.45, 7) is 2.84. The Morgan fingerprint density at radius 3 is 2.74 bits per heavy atom. The van der Waals surface area contributed by atoms with Crippen LogP contribution in [0.4, 0.5) is 4.39 Å². The summed E-state index contributed by atoms with van der Waals surface area (Å²) in [7, 11) is -1.95. The number of rotatable bonds is 4. The number of hydrogen-bond donors (Lipinski definition) is 1. The lowest BCUT2D eigenvalue weighted by molar-refractivity contribution is 0.405. The Labute approximate surface area is 113 Å². The van der Waals surface area contributed by atoms with E-state index < -0.39 is 15.8 Å². The number of nitrogens with zero attached hydrogens (tertiary/aromatic N) is 1. The fourth-order valence-electron chi connectivity index (χ4n) is 2.46. The number of sulfonamides is 1. The lowest BCUT2D eigenvalue weighted by Gasteiger charge is -2.21. The van der Waals surface area contributed by atoms with Gasteiger partial charge in [0.05, 0.1) is 0 Å². The fraction of sp³-hybridized carbons (Fsp3) is 0.538. The zero-order valence-electron chi connectivity index (χ0n) is 11.2. The first-order chi connectivity index (χ1) is 8.96. The molecule has 0 bridgehead atoms. The summed E-state index contributed by atoms with van der Waals surface area (Å²) in [4.78, 5) is -0.221. The van der Waals surface area contributed by atoms with Crippen LogP contribution in [-0.2, 0) is 16.6 Å². The van der Waals surface area contributed by atoms with Gasteiger partial charge >= 0.3 is 0 Å². The second kappa shape index (κ2) is 5.56. The maximum Gasteiger partial charge on any atom is 0.246 e. The molecule has 19 heavy (non-hydrogen) atoms. The predicted molar refractivity (Wildman–Crippen MR) is 71.8 cm³/mol. The summed E-state index contributed by atoms with van der Waals surface area (Å²) in [5, 5.41) is 2.91. The highest BCUT2D eigenvalue weighted by Gasteiger charge is 2.34. The summed E-state index contributed by atoms with van der Waals surface area (Å²) in [5.41, 5.74) is 0.730. The van der Waals surface area contributed by atoms with E-state index in [-0.39, 0.29) is 10.9 Å². The monoisotopic (exact) mass is 286 g/mol. The van der Waals surface area contributed by atoms with Crippen molar-refractivity contribution in [3.05, 3.63) is 29.6 Å². The smallest absolute Gasteiger partial charge is 0.246 e. The highest BCUT2D eigenvalue weighted by Crippen LogP contribution is 2.27. The van der Waals surface area contributed by atoms with Gasteiger partial charge in [-0.2, -0.15) is 4.31 Å². The minimum absolute atomic E-state index is 0.0543. The van der Waals surface area contributed by atoms with Crippen LogP contribution in [0.1, 0.15) is 25.3 Å². The van der Waals surface area contributed by atoms with E-state index in [0.717, 1.165) is 18.4 Å². The van der Waals surface area contributed by atoms with Gasteiger partial charge in [-0.3, -0.25) is 0 Å². The Morgan fingerprint density at radius 2 is 2.21 bits per heavy atom. The van der Waals surface area contributed by atoms with Crippen LogP contribution in [-0.4, -0.2) is 32.4 Å². The van der Waals surface area contributed by atoms with Gasteiger partial charge in [-0.05, 0) is 44.5 Å². The third-order valence-corrected chi connectivity index (χ3v) is 5.50. The van der Waals surface area contributed by atoms with Gasteiger partial charge in [0, 0.05) is 19.1 Å². The molecule has 4 nitrogen and oxygen atoms in total. The van der Waals surface area contributed by atoms with Crippen LogP contribution in [0.15, 0.2) is 23.1 Å². The molecule has 0 spiro atoms. The van der Waals surface area contributed by atoms with Gasteiger partial charge in [-0.15, -0.1) is 0 Å². The van der Waals surface area contributed by atoms with Crippen molar-refractivity contribution < 1.29 is 12.8 Å². The summed E-state index contributed by atoms with van der Waals surface area (Å²) < 4.78 is 40.2. The van der Waals surface area contributed by atoms with Gasteiger partial charge < -0.3 is 5.32 Å². The second-order valence-corrected chi connectivity index (χ2v) is 6.76. The van der Waals surface area contributed by atoms with Gasteiger partial charge in [0.1, 0.15) is 10.7 Å². The lowest BCUT2D eigenvalue weighted by atomic mass is 10.2. The molecule has 0 aromatic heterocycles. The van der Waals surface area contributed by atoms with Gasteiger partial charge in [-0.1, -0.05) is 6.07 Å². The molecular formula is C13H19FN2O2S. The molecule has 1 atom stereocenters.